The number of allylic oxidation sites excluding steroid dienone is 2. The summed E-state index contributed by atoms with van der Waals surface area (Å²) < 4.78 is 78.9. The van der Waals surface area contributed by atoms with Crippen LogP contribution in [0.4, 0.5) is 23.2 Å². The molecular weight excluding hydrogens is 486 g/mol. The van der Waals surface area contributed by atoms with Crippen molar-refractivity contribution < 1.29 is 30.8 Å². The van der Waals surface area contributed by atoms with E-state index in [1.54, 1.807) is 6.92 Å². The van der Waals surface area contributed by atoms with Gasteiger partial charge in [-0.05, 0) is 67.0 Å². The predicted octanol–water partition coefficient (Wildman–Crippen LogP) is 5.23. The fourth-order valence-corrected chi connectivity index (χ4v) is 4.52. The lowest BCUT2D eigenvalue weighted by atomic mass is 9.88. The van der Waals surface area contributed by atoms with E-state index in [2.05, 4.69) is 15.0 Å². The number of rotatable bonds is 7. The maximum Gasteiger partial charge on any atom is 0.433 e. The number of alkyl halides is 3. The zero-order chi connectivity index (χ0) is 26.0. The van der Waals surface area contributed by atoms with Crippen LogP contribution in [0, 0.1) is 11.7 Å². The van der Waals surface area contributed by atoms with E-state index in [1.807, 2.05) is 13.0 Å². The van der Waals surface area contributed by atoms with Gasteiger partial charge in [0.2, 0.25) is 15.9 Å². The number of anilines is 1. The number of nitrogens with one attached hydrogen (secondary N) is 2. The maximum absolute atomic E-state index is 14.3. The van der Waals surface area contributed by atoms with Crippen molar-refractivity contribution in [1.29, 1.82) is 0 Å². The van der Waals surface area contributed by atoms with E-state index in [1.165, 1.54) is 18.2 Å². The summed E-state index contributed by atoms with van der Waals surface area (Å²) in [6.45, 7) is 3.49. The lowest BCUT2D eigenvalue weighted by Crippen LogP contribution is -2.28. The van der Waals surface area contributed by atoms with Crippen molar-refractivity contribution in [3.8, 4) is 0 Å². The van der Waals surface area contributed by atoms with Gasteiger partial charge in [0.1, 0.15) is 11.5 Å². The fraction of sp³-hybridized carbons (Fsp3) is 0.417. The SMILES string of the molecule is CC(C(=O)NCc1ccc(C(F)(F)F)nc1C1=C[C@H](C)CCC1)c1ccc(NS(C)(=O)=O)c(F)c1. The Morgan fingerprint density at radius 3 is 2.54 bits per heavy atom. The number of nitrogens with zero attached hydrogens (tertiary/aromatic N) is 1. The average Bonchev–Trinajstić information content (AvgIpc) is 2.76. The molecule has 1 aromatic carbocycles. The quantitative estimate of drug-likeness (QED) is 0.496. The highest BCUT2D eigenvalue weighted by molar-refractivity contribution is 7.92. The lowest BCUT2D eigenvalue weighted by molar-refractivity contribution is -0.141. The molecule has 1 amide bonds. The second kappa shape index (κ2) is 10.3. The van der Waals surface area contributed by atoms with Gasteiger partial charge >= 0.3 is 6.18 Å². The van der Waals surface area contributed by atoms with E-state index in [9.17, 15) is 30.8 Å². The van der Waals surface area contributed by atoms with Crippen molar-refractivity contribution in [1.82, 2.24) is 10.3 Å². The van der Waals surface area contributed by atoms with Gasteiger partial charge in [-0.25, -0.2) is 17.8 Å². The summed E-state index contributed by atoms with van der Waals surface area (Å²) in [5.41, 5.74) is 0.490. The summed E-state index contributed by atoms with van der Waals surface area (Å²) in [5.74, 6) is -1.88. The molecular formula is C24H27F4N3O3S. The van der Waals surface area contributed by atoms with Gasteiger partial charge < -0.3 is 5.32 Å². The van der Waals surface area contributed by atoms with E-state index < -0.39 is 39.5 Å². The maximum atomic E-state index is 14.3. The average molecular weight is 514 g/mol. The number of carbonyl (C=O) groups is 1. The van der Waals surface area contributed by atoms with Crippen molar-refractivity contribution in [3.63, 3.8) is 0 Å². The van der Waals surface area contributed by atoms with Crippen LogP contribution in [0.5, 0.6) is 0 Å². The lowest BCUT2D eigenvalue weighted by Gasteiger charge is -2.21. The smallest absolute Gasteiger partial charge is 0.351 e. The Bertz CT molecular complexity index is 1240. The third-order valence-electron chi connectivity index (χ3n) is 5.80. The topological polar surface area (TPSA) is 88.2 Å². The molecule has 1 unspecified atom stereocenters. The molecule has 1 aliphatic rings. The van der Waals surface area contributed by atoms with Crippen LogP contribution in [0.3, 0.4) is 0 Å². The molecule has 0 saturated carbocycles. The Balaban J connectivity index is 1.80. The first-order valence-corrected chi connectivity index (χ1v) is 13.0. The number of hydrogen-bond acceptors (Lipinski definition) is 4. The molecule has 0 bridgehead atoms. The zero-order valence-electron chi connectivity index (χ0n) is 19.5. The first-order chi connectivity index (χ1) is 16.2. The van der Waals surface area contributed by atoms with Gasteiger partial charge in [0.05, 0.1) is 23.6 Å². The molecule has 1 aliphatic carbocycles. The molecule has 2 N–H and O–H groups in total. The highest BCUT2D eigenvalue weighted by atomic mass is 32.2. The number of pyridine rings is 1. The molecule has 0 radical (unpaired) electrons. The van der Waals surface area contributed by atoms with Gasteiger partial charge in [-0.15, -0.1) is 0 Å². The Kier molecular flexibility index (Phi) is 7.88. The van der Waals surface area contributed by atoms with Crippen molar-refractivity contribution in [2.75, 3.05) is 11.0 Å². The van der Waals surface area contributed by atoms with E-state index in [-0.39, 0.29) is 23.8 Å². The van der Waals surface area contributed by atoms with E-state index in [0.29, 0.717) is 17.5 Å². The molecule has 190 valence electrons. The predicted molar refractivity (Wildman–Crippen MR) is 125 cm³/mol. The van der Waals surface area contributed by atoms with Crippen molar-refractivity contribution in [2.45, 2.75) is 51.7 Å². The van der Waals surface area contributed by atoms with Crippen LogP contribution in [0.25, 0.3) is 5.57 Å². The van der Waals surface area contributed by atoms with Gasteiger partial charge in [0, 0.05) is 6.54 Å². The van der Waals surface area contributed by atoms with Gasteiger partial charge in [0.25, 0.3) is 0 Å². The monoisotopic (exact) mass is 513 g/mol. The molecule has 6 nitrogen and oxygen atoms in total. The number of sulfonamides is 1. The molecule has 1 aromatic heterocycles. The Morgan fingerprint density at radius 2 is 1.94 bits per heavy atom. The van der Waals surface area contributed by atoms with Gasteiger partial charge in [-0.3, -0.25) is 9.52 Å². The number of carbonyl (C=O) groups excluding carboxylic acids is 1. The summed E-state index contributed by atoms with van der Waals surface area (Å²) in [5, 5.41) is 2.70. The van der Waals surface area contributed by atoms with Crippen molar-refractivity contribution in [3.05, 3.63) is 64.7 Å². The number of amides is 1. The van der Waals surface area contributed by atoms with E-state index >= 15 is 0 Å². The summed E-state index contributed by atoms with van der Waals surface area (Å²) in [6.07, 6.45) is 0.613. The summed E-state index contributed by atoms with van der Waals surface area (Å²) in [6, 6.07) is 5.94. The molecule has 0 saturated heterocycles. The number of aromatic nitrogens is 1. The van der Waals surface area contributed by atoms with Crippen LogP contribution >= 0.6 is 0 Å². The molecule has 3 rings (SSSR count). The second-order valence-corrected chi connectivity index (χ2v) is 10.6. The molecule has 1 heterocycles. The normalized spacial score (nSPS) is 17.5. The molecule has 2 atom stereocenters. The fourth-order valence-electron chi connectivity index (χ4n) is 3.96. The largest absolute Gasteiger partial charge is 0.433 e. The zero-order valence-corrected chi connectivity index (χ0v) is 20.4. The van der Waals surface area contributed by atoms with Crippen LogP contribution in [0.1, 0.15) is 61.5 Å². The standard InChI is InChI=1S/C24H27F4N3O3S/c1-14-5-4-6-17(11-14)22-18(8-10-21(30-22)24(26,27)28)13-29-23(32)15(2)16-7-9-20(19(25)12-16)31-35(3,33)34/h7-12,14-15,31H,4-6,13H2,1-3H3,(H,29,32)/t14-,15?/m1/s1. The molecule has 0 spiro atoms. The summed E-state index contributed by atoms with van der Waals surface area (Å²) in [4.78, 5) is 16.6. The Morgan fingerprint density at radius 1 is 1.23 bits per heavy atom. The second-order valence-electron chi connectivity index (χ2n) is 8.82. The highest BCUT2D eigenvalue weighted by Crippen LogP contribution is 2.34. The van der Waals surface area contributed by atoms with Crippen LogP contribution < -0.4 is 10.0 Å². The van der Waals surface area contributed by atoms with Gasteiger partial charge in [0.15, 0.2) is 0 Å². The molecule has 2 aromatic rings. The van der Waals surface area contributed by atoms with Gasteiger partial charge in [-0.2, -0.15) is 13.2 Å². The first-order valence-electron chi connectivity index (χ1n) is 11.1. The van der Waals surface area contributed by atoms with Crippen molar-refractivity contribution in [2.24, 2.45) is 5.92 Å². The minimum Gasteiger partial charge on any atom is -0.351 e. The van der Waals surface area contributed by atoms with Crippen LogP contribution in [0.15, 0.2) is 36.4 Å². The molecule has 0 fully saturated rings. The molecule has 0 aliphatic heterocycles. The van der Waals surface area contributed by atoms with Crippen LogP contribution in [-0.2, 0) is 27.5 Å². The minimum absolute atomic E-state index is 0.0500. The van der Waals surface area contributed by atoms with E-state index in [0.717, 1.165) is 36.8 Å². The third-order valence-corrected chi connectivity index (χ3v) is 6.39. The Hall–Kier alpha value is -2.95. The minimum atomic E-state index is -4.59. The summed E-state index contributed by atoms with van der Waals surface area (Å²) in [7, 11) is -3.67. The van der Waals surface area contributed by atoms with Crippen LogP contribution in [-0.4, -0.2) is 25.6 Å². The Labute approximate surface area is 201 Å². The number of benzene rings is 1. The van der Waals surface area contributed by atoms with Gasteiger partial charge in [-0.1, -0.05) is 25.1 Å². The number of hydrogen-bond donors (Lipinski definition) is 2. The number of halogens is 4. The van der Waals surface area contributed by atoms with Crippen LogP contribution in [0.2, 0.25) is 0 Å². The first kappa shape index (κ1) is 26.7. The summed E-state index contributed by atoms with van der Waals surface area (Å²) >= 11 is 0. The third kappa shape index (κ3) is 7.03. The van der Waals surface area contributed by atoms with E-state index in [4.69, 9.17) is 0 Å². The highest BCUT2D eigenvalue weighted by Gasteiger charge is 2.33. The molecule has 11 heteroatoms. The van der Waals surface area contributed by atoms with Crippen molar-refractivity contribution >= 4 is 27.2 Å². The molecule has 35 heavy (non-hydrogen) atoms.